The summed E-state index contributed by atoms with van der Waals surface area (Å²) in [6.07, 6.45) is 8.61. The van der Waals surface area contributed by atoms with Gasteiger partial charge in [0, 0.05) is 17.1 Å². The lowest BCUT2D eigenvalue weighted by Crippen LogP contribution is -2.35. The quantitative estimate of drug-likeness (QED) is 0.394. The Balaban J connectivity index is 1.55. The number of carbonyl (C=O) groups excluding carboxylic acids is 1. The lowest BCUT2D eigenvalue weighted by atomic mass is 10.1. The predicted molar refractivity (Wildman–Crippen MR) is 134 cm³/mol. The number of para-hydroxylation sites is 1. The highest BCUT2D eigenvalue weighted by Crippen LogP contribution is 2.31. The Hall–Kier alpha value is -2.93. The number of benzene rings is 1. The van der Waals surface area contributed by atoms with Gasteiger partial charge in [-0.2, -0.15) is 15.1 Å². The minimum absolute atomic E-state index is 0.0954. The van der Waals surface area contributed by atoms with Gasteiger partial charge in [-0.25, -0.2) is 0 Å². The lowest BCUT2D eigenvalue weighted by molar-refractivity contribution is -0.114. The van der Waals surface area contributed by atoms with Gasteiger partial charge in [0.2, 0.25) is 5.17 Å². The number of amidine groups is 2. The van der Waals surface area contributed by atoms with E-state index in [2.05, 4.69) is 33.7 Å². The molecule has 0 atom stereocenters. The van der Waals surface area contributed by atoms with Gasteiger partial charge in [0.15, 0.2) is 5.84 Å². The number of hydrogen-bond donors (Lipinski definition) is 1. The first kappa shape index (κ1) is 22.3. The number of nitrogens with one attached hydrogen (secondary N) is 1. The number of carbonyl (C=O) groups is 1. The number of hydrazone groups is 1. The fraction of sp³-hybridized carbons (Fsp3) is 0.360. The molecule has 2 aliphatic heterocycles. The van der Waals surface area contributed by atoms with Crippen LogP contribution in [0.5, 0.6) is 0 Å². The summed E-state index contributed by atoms with van der Waals surface area (Å²) in [5.41, 5.74) is 4.34. The molecule has 0 bridgehead atoms. The predicted octanol–water partition coefficient (Wildman–Crippen LogP) is 6.07. The number of unbranched alkanes of at least 4 members (excludes halogenated alkanes) is 4. The molecule has 0 aliphatic carbocycles. The van der Waals surface area contributed by atoms with Crippen LogP contribution in [0.25, 0.3) is 11.8 Å². The topological polar surface area (TPSA) is 73.8 Å². The van der Waals surface area contributed by atoms with Gasteiger partial charge in [0.05, 0.1) is 5.57 Å². The van der Waals surface area contributed by atoms with Crippen molar-refractivity contribution in [2.24, 2.45) is 10.1 Å². The number of amides is 1. The van der Waals surface area contributed by atoms with Crippen LogP contribution >= 0.6 is 11.8 Å². The zero-order valence-electron chi connectivity index (χ0n) is 18.9. The molecular weight excluding hydrogens is 418 g/mol. The van der Waals surface area contributed by atoms with Gasteiger partial charge in [0.25, 0.3) is 5.91 Å². The average molecular weight is 448 g/mol. The summed E-state index contributed by atoms with van der Waals surface area (Å²) in [6, 6.07) is 12.2. The fourth-order valence-corrected chi connectivity index (χ4v) is 5.00. The van der Waals surface area contributed by atoms with E-state index >= 15 is 0 Å². The first-order valence-electron chi connectivity index (χ1n) is 11.2. The maximum Gasteiger partial charge on any atom is 0.283 e. The van der Waals surface area contributed by atoms with Crippen LogP contribution in [-0.2, 0) is 4.79 Å². The van der Waals surface area contributed by atoms with Gasteiger partial charge in [-0.1, -0.05) is 50.8 Å². The van der Waals surface area contributed by atoms with Crippen LogP contribution in [0.4, 0.5) is 0 Å². The number of aliphatic imine (C=N–C) groups is 1. The second kappa shape index (κ2) is 9.69. The second-order valence-electron chi connectivity index (χ2n) is 8.18. The number of rotatable bonds is 8. The number of fused-ring (bicyclic) bond motifs is 1. The number of thioether (sulfide) groups is 1. The second-order valence-corrected chi connectivity index (χ2v) is 9.22. The van der Waals surface area contributed by atoms with Crippen molar-refractivity contribution in [2.45, 2.75) is 59.3 Å². The summed E-state index contributed by atoms with van der Waals surface area (Å²) in [5, 5.41) is 16.2. The molecule has 1 N–H and O–H groups in total. The lowest BCUT2D eigenvalue weighted by Gasteiger charge is -2.20. The maximum atomic E-state index is 12.8. The molecule has 166 valence electrons. The van der Waals surface area contributed by atoms with Crippen molar-refractivity contribution in [1.29, 1.82) is 5.41 Å². The molecule has 32 heavy (non-hydrogen) atoms. The number of aromatic nitrogens is 1. The molecule has 0 unspecified atom stereocenters. The van der Waals surface area contributed by atoms with Crippen LogP contribution in [0, 0.1) is 19.3 Å². The molecule has 4 rings (SSSR count). The molecule has 1 amide bonds. The van der Waals surface area contributed by atoms with Crippen LogP contribution in [-0.4, -0.2) is 31.5 Å². The molecule has 1 aromatic carbocycles. The van der Waals surface area contributed by atoms with E-state index in [1.807, 2.05) is 38.1 Å². The molecule has 2 aliphatic rings. The van der Waals surface area contributed by atoms with Crippen LogP contribution in [0.2, 0.25) is 0 Å². The van der Waals surface area contributed by atoms with E-state index in [4.69, 9.17) is 5.41 Å². The highest BCUT2D eigenvalue weighted by atomic mass is 32.2. The Labute approximate surface area is 193 Å². The van der Waals surface area contributed by atoms with E-state index in [1.54, 1.807) is 6.08 Å². The largest absolute Gasteiger partial charge is 0.318 e. The molecule has 3 heterocycles. The highest BCUT2D eigenvalue weighted by molar-refractivity contribution is 8.26. The summed E-state index contributed by atoms with van der Waals surface area (Å²) < 4.78 is 2.15. The van der Waals surface area contributed by atoms with Crippen LogP contribution in [0.1, 0.15) is 62.4 Å². The Morgan fingerprint density at radius 3 is 2.59 bits per heavy atom. The normalized spacial score (nSPS) is 17.1. The Bertz CT molecular complexity index is 1130. The van der Waals surface area contributed by atoms with E-state index in [-0.39, 0.29) is 17.3 Å². The fourth-order valence-electron chi connectivity index (χ4n) is 4.08. The van der Waals surface area contributed by atoms with Crippen molar-refractivity contribution in [3.8, 4) is 5.69 Å². The molecule has 0 spiro atoms. The summed E-state index contributed by atoms with van der Waals surface area (Å²) in [4.78, 5) is 17.0. The Kier molecular flexibility index (Phi) is 6.74. The third-order valence-electron chi connectivity index (χ3n) is 5.78. The van der Waals surface area contributed by atoms with Crippen molar-refractivity contribution in [2.75, 3.05) is 0 Å². The standard InChI is InChI=1S/C25H29N5OS/c1-4-5-6-7-11-14-22-28-30-23(26)21(24(31)27-25(30)32-22)16-19-15-17(2)29(18(19)3)20-12-9-8-10-13-20/h8-10,12-13,15-16,26H,4-7,11,14H2,1-3H3/b21-16-,26-23?. The van der Waals surface area contributed by atoms with Crippen molar-refractivity contribution >= 4 is 39.8 Å². The number of hydrogen-bond acceptors (Lipinski definition) is 4. The molecule has 2 aromatic rings. The highest BCUT2D eigenvalue weighted by Gasteiger charge is 2.35. The van der Waals surface area contributed by atoms with Crippen LogP contribution in [0.15, 0.2) is 52.1 Å². The molecule has 0 radical (unpaired) electrons. The minimum Gasteiger partial charge on any atom is -0.318 e. The van der Waals surface area contributed by atoms with E-state index in [0.29, 0.717) is 5.17 Å². The monoisotopic (exact) mass is 447 g/mol. The SMILES string of the molecule is CCCCCCCC1=NN2C(=N)/C(=C/c3cc(C)n(-c4ccccc4)c3C)C(=O)N=C2S1. The number of aryl methyl sites for hydroxylation is 1. The number of nitrogens with zero attached hydrogens (tertiary/aromatic N) is 4. The van der Waals surface area contributed by atoms with Crippen molar-refractivity contribution in [3.05, 3.63) is 58.9 Å². The van der Waals surface area contributed by atoms with Crippen molar-refractivity contribution < 1.29 is 4.79 Å². The van der Waals surface area contributed by atoms with Gasteiger partial charge in [-0.3, -0.25) is 10.2 Å². The molecule has 0 saturated heterocycles. The van der Waals surface area contributed by atoms with Crippen molar-refractivity contribution in [3.63, 3.8) is 0 Å². The molecular formula is C25H29N5OS. The summed E-state index contributed by atoms with van der Waals surface area (Å²) >= 11 is 1.41. The molecule has 1 aromatic heterocycles. The zero-order valence-corrected chi connectivity index (χ0v) is 19.7. The molecule has 0 saturated carbocycles. The van der Waals surface area contributed by atoms with Gasteiger partial charge >= 0.3 is 0 Å². The van der Waals surface area contributed by atoms with Crippen LogP contribution < -0.4 is 0 Å². The first-order valence-corrected chi connectivity index (χ1v) is 12.0. The van der Waals surface area contributed by atoms with Gasteiger partial charge < -0.3 is 4.57 Å². The van der Waals surface area contributed by atoms with Gasteiger partial charge in [0.1, 0.15) is 5.04 Å². The first-order chi connectivity index (χ1) is 15.5. The molecule has 6 nitrogen and oxygen atoms in total. The zero-order chi connectivity index (χ0) is 22.7. The van der Waals surface area contributed by atoms with Gasteiger partial charge in [-0.15, -0.1) is 0 Å². The van der Waals surface area contributed by atoms with E-state index in [1.165, 1.54) is 42.5 Å². The summed E-state index contributed by atoms with van der Waals surface area (Å²) in [7, 11) is 0. The van der Waals surface area contributed by atoms with E-state index in [0.717, 1.165) is 40.5 Å². The molecule has 7 heteroatoms. The Morgan fingerprint density at radius 2 is 1.84 bits per heavy atom. The van der Waals surface area contributed by atoms with Gasteiger partial charge in [-0.05, 0) is 68.3 Å². The third kappa shape index (κ3) is 4.48. The minimum atomic E-state index is -0.377. The van der Waals surface area contributed by atoms with Crippen molar-refractivity contribution in [1.82, 2.24) is 9.58 Å². The summed E-state index contributed by atoms with van der Waals surface area (Å²) in [5.74, 6) is -0.282. The third-order valence-corrected chi connectivity index (χ3v) is 6.74. The maximum absolute atomic E-state index is 12.8. The average Bonchev–Trinajstić information content (AvgIpc) is 3.31. The summed E-state index contributed by atoms with van der Waals surface area (Å²) in [6.45, 7) is 6.28. The van der Waals surface area contributed by atoms with E-state index < -0.39 is 0 Å². The Morgan fingerprint density at radius 1 is 1.09 bits per heavy atom. The smallest absolute Gasteiger partial charge is 0.283 e. The van der Waals surface area contributed by atoms with Crippen LogP contribution in [0.3, 0.4) is 0 Å². The molecule has 0 fully saturated rings. The van der Waals surface area contributed by atoms with E-state index in [9.17, 15) is 4.79 Å².